The number of hydrogen-bond acceptors (Lipinski definition) is 3. The molecule has 3 nitrogen and oxygen atoms in total. The minimum atomic E-state index is -4.19. The van der Waals surface area contributed by atoms with Crippen molar-refractivity contribution in [1.29, 1.82) is 0 Å². The van der Waals surface area contributed by atoms with Crippen molar-refractivity contribution < 1.29 is 13.2 Å². The Morgan fingerprint density at radius 2 is 2.12 bits per heavy atom. The summed E-state index contributed by atoms with van der Waals surface area (Å²) in [6.07, 6.45) is -1.16. The number of halogens is 3. The number of nitrogens with two attached hydrogens (primary N) is 1. The highest BCUT2D eigenvalue weighted by Gasteiger charge is 2.38. The van der Waals surface area contributed by atoms with Crippen molar-refractivity contribution in [2.24, 2.45) is 0 Å². The van der Waals surface area contributed by atoms with Crippen LogP contribution in [0.1, 0.15) is 12.8 Å². The Bertz CT molecular complexity index is 374. The van der Waals surface area contributed by atoms with Gasteiger partial charge in [0.15, 0.2) is 0 Å². The van der Waals surface area contributed by atoms with Gasteiger partial charge in [0.2, 0.25) is 0 Å². The van der Waals surface area contributed by atoms with Gasteiger partial charge < -0.3 is 10.6 Å². The second-order valence-corrected chi connectivity index (χ2v) is 3.91. The molecule has 0 aromatic carbocycles. The van der Waals surface area contributed by atoms with Crippen LogP contribution in [-0.4, -0.2) is 23.7 Å². The molecule has 0 saturated heterocycles. The number of nitrogens with zero attached hydrogens (tertiary/aromatic N) is 2. The Morgan fingerprint density at radius 3 is 2.62 bits per heavy atom. The second-order valence-electron chi connectivity index (χ2n) is 3.91. The van der Waals surface area contributed by atoms with Gasteiger partial charge in [-0.25, -0.2) is 4.98 Å². The molecule has 0 unspecified atom stereocenters. The maximum atomic E-state index is 12.4. The number of nitrogen functional groups attached to an aromatic ring is 1. The van der Waals surface area contributed by atoms with Crippen LogP contribution < -0.4 is 10.6 Å². The highest BCUT2D eigenvalue weighted by molar-refractivity contribution is 5.53. The lowest BCUT2D eigenvalue weighted by molar-refractivity contribution is -0.120. The van der Waals surface area contributed by atoms with E-state index in [2.05, 4.69) is 4.98 Å². The molecule has 0 atom stereocenters. The van der Waals surface area contributed by atoms with Gasteiger partial charge in [-0.05, 0) is 18.9 Å². The Balaban J connectivity index is 2.19. The molecule has 2 N–H and O–H groups in total. The summed E-state index contributed by atoms with van der Waals surface area (Å²) >= 11 is 0. The summed E-state index contributed by atoms with van der Waals surface area (Å²) in [5.74, 6) is 0.241. The van der Waals surface area contributed by atoms with Crippen LogP contribution in [-0.2, 0) is 0 Å². The molecule has 1 aromatic heterocycles. The standard InChI is InChI=1S/C10H12F3N3/c11-10(12,13)6-16(7-1-2-7)8-3-4-15-9(14)5-8/h3-5,7H,1-2,6H2,(H2,14,15). The third-order valence-electron chi connectivity index (χ3n) is 2.43. The van der Waals surface area contributed by atoms with Crippen molar-refractivity contribution in [2.75, 3.05) is 17.2 Å². The van der Waals surface area contributed by atoms with Gasteiger partial charge in [0.05, 0.1) is 0 Å². The molecular formula is C10H12F3N3. The summed E-state index contributed by atoms with van der Waals surface area (Å²) in [6, 6.07) is 3.02. The lowest BCUT2D eigenvalue weighted by atomic mass is 10.3. The number of hydrogen-bond donors (Lipinski definition) is 1. The fraction of sp³-hybridized carbons (Fsp3) is 0.500. The predicted octanol–water partition coefficient (Wildman–Crippen LogP) is 2.19. The van der Waals surface area contributed by atoms with E-state index in [4.69, 9.17) is 5.73 Å². The van der Waals surface area contributed by atoms with E-state index in [1.165, 1.54) is 17.2 Å². The molecule has 6 heteroatoms. The summed E-state index contributed by atoms with van der Waals surface area (Å²) in [5.41, 5.74) is 5.95. The number of alkyl halides is 3. The van der Waals surface area contributed by atoms with E-state index in [1.807, 2.05) is 0 Å². The van der Waals surface area contributed by atoms with Gasteiger partial charge in [0.1, 0.15) is 12.4 Å². The first-order valence-corrected chi connectivity index (χ1v) is 5.00. The predicted molar refractivity (Wildman–Crippen MR) is 55.1 cm³/mol. The van der Waals surface area contributed by atoms with E-state index < -0.39 is 12.7 Å². The summed E-state index contributed by atoms with van der Waals surface area (Å²) in [4.78, 5) is 5.11. The highest BCUT2D eigenvalue weighted by atomic mass is 19.4. The number of rotatable bonds is 3. The Morgan fingerprint density at radius 1 is 1.44 bits per heavy atom. The number of pyridine rings is 1. The second kappa shape index (κ2) is 3.84. The fourth-order valence-corrected chi connectivity index (χ4v) is 1.63. The summed E-state index contributed by atoms with van der Waals surface area (Å²) < 4.78 is 37.2. The molecule has 88 valence electrons. The number of anilines is 2. The molecule has 1 heterocycles. The molecule has 1 aromatic rings. The van der Waals surface area contributed by atoms with Crippen molar-refractivity contribution in [3.8, 4) is 0 Å². The van der Waals surface area contributed by atoms with Crippen molar-refractivity contribution in [1.82, 2.24) is 4.98 Å². The summed E-state index contributed by atoms with van der Waals surface area (Å²) in [7, 11) is 0. The monoisotopic (exact) mass is 231 g/mol. The summed E-state index contributed by atoms with van der Waals surface area (Å²) in [5, 5.41) is 0. The average Bonchev–Trinajstić information content (AvgIpc) is 2.96. The van der Waals surface area contributed by atoms with Crippen LogP contribution in [0, 0.1) is 0 Å². The first kappa shape index (κ1) is 11.0. The van der Waals surface area contributed by atoms with E-state index >= 15 is 0 Å². The van der Waals surface area contributed by atoms with Gasteiger partial charge in [-0.3, -0.25) is 0 Å². The molecule has 0 bridgehead atoms. The van der Waals surface area contributed by atoms with Crippen LogP contribution >= 0.6 is 0 Å². The van der Waals surface area contributed by atoms with Crippen molar-refractivity contribution in [3.63, 3.8) is 0 Å². The molecule has 2 rings (SSSR count). The molecule has 0 aliphatic heterocycles. The van der Waals surface area contributed by atoms with Crippen LogP contribution in [0.2, 0.25) is 0 Å². The minimum Gasteiger partial charge on any atom is -0.384 e. The molecule has 0 radical (unpaired) electrons. The zero-order valence-electron chi connectivity index (χ0n) is 8.54. The SMILES string of the molecule is Nc1cc(N(CC(F)(F)F)C2CC2)ccn1. The maximum absolute atomic E-state index is 12.4. The van der Waals surface area contributed by atoms with Gasteiger partial charge in [-0.2, -0.15) is 13.2 Å². The molecule has 1 saturated carbocycles. The lowest BCUT2D eigenvalue weighted by Gasteiger charge is -2.25. The Labute approximate surface area is 91.1 Å². The third kappa shape index (κ3) is 2.77. The first-order chi connectivity index (χ1) is 7.46. The van der Waals surface area contributed by atoms with Gasteiger partial charge >= 0.3 is 6.18 Å². The van der Waals surface area contributed by atoms with Crippen molar-refractivity contribution in [2.45, 2.75) is 25.1 Å². The van der Waals surface area contributed by atoms with Gasteiger partial charge in [-0.15, -0.1) is 0 Å². The highest BCUT2D eigenvalue weighted by Crippen LogP contribution is 2.34. The zero-order chi connectivity index (χ0) is 11.8. The fourth-order valence-electron chi connectivity index (χ4n) is 1.63. The first-order valence-electron chi connectivity index (χ1n) is 5.00. The summed E-state index contributed by atoms with van der Waals surface area (Å²) in [6.45, 7) is -0.929. The molecule has 0 amide bonds. The topological polar surface area (TPSA) is 42.1 Å². The lowest BCUT2D eigenvalue weighted by Crippen LogP contribution is -2.36. The van der Waals surface area contributed by atoms with Crippen molar-refractivity contribution in [3.05, 3.63) is 18.3 Å². The third-order valence-corrected chi connectivity index (χ3v) is 2.43. The minimum absolute atomic E-state index is 0.0107. The Kier molecular flexibility index (Phi) is 2.65. The van der Waals surface area contributed by atoms with Crippen LogP contribution in [0.5, 0.6) is 0 Å². The van der Waals surface area contributed by atoms with E-state index in [0.29, 0.717) is 5.69 Å². The van der Waals surface area contributed by atoms with Crippen molar-refractivity contribution >= 4 is 11.5 Å². The van der Waals surface area contributed by atoms with E-state index in [0.717, 1.165) is 12.8 Å². The molecule has 0 spiro atoms. The molecule has 1 aliphatic carbocycles. The zero-order valence-corrected chi connectivity index (χ0v) is 8.54. The normalized spacial score (nSPS) is 16.2. The smallest absolute Gasteiger partial charge is 0.384 e. The number of aromatic nitrogens is 1. The van der Waals surface area contributed by atoms with E-state index in [-0.39, 0.29) is 11.9 Å². The van der Waals surface area contributed by atoms with Gasteiger partial charge in [0, 0.05) is 24.0 Å². The van der Waals surface area contributed by atoms with E-state index in [9.17, 15) is 13.2 Å². The molecule has 1 fully saturated rings. The van der Waals surface area contributed by atoms with Crippen LogP contribution in [0.3, 0.4) is 0 Å². The van der Waals surface area contributed by atoms with Gasteiger partial charge in [-0.1, -0.05) is 0 Å². The largest absolute Gasteiger partial charge is 0.405 e. The van der Waals surface area contributed by atoms with Crippen LogP contribution in [0.25, 0.3) is 0 Å². The Hall–Kier alpha value is -1.46. The molecule has 1 aliphatic rings. The van der Waals surface area contributed by atoms with Crippen LogP contribution in [0.15, 0.2) is 18.3 Å². The van der Waals surface area contributed by atoms with Crippen LogP contribution in [0.4, 0.5) is 24.7 Å². The van der Waals surface area contributed by atoms with E-state index in [1.54, 1.807) is 6.07 Å². The average molecular weight is 231 g/mol. The maximum Gasteiger partial charge on any atom is 0.405 e. The molecule has 16 heavy (non-hydrogen) atoms. The quantitative estimate of drug-likeness (QED) is 0.867. The molecular weight excluding hydrogens is 219 g/mol. The van der Waals surface area contributed by atoms with Gasteiger partial charge in [0.25, 0.3) is 0 Å².